The molecule has 3 rings (SSSR count). The molecule has 98 valence electrons. The van der Waals surface area contributed by atoms with Gasteiger partial charge in [-0.2, -0.15) is 0 Å². The lowest BCUT2D eigenvalue weighted by atomic mass is 9.99. The van der Waals surface area contributed by atoms with E-state index < -0.39 is 0 Å². The van der Waals surface area contributed by atoms with E-state index in [0.717, 1.165) is 12.1 Å². The zero-order valence-corrected chi connectivity index (χ0v) is 11.2. The minimum atomic E-state index is 0.428. The molecule has 17 heavy (non-hydrogen) atoms. The van der Waals surface area contributed by atoms with Crippen molar-refractivity contribution >= 4 is 0 Å². The molecule has 2 aliphatic heterocycles. The van der Waals surface area contributed by atoms with E-state index in [-0.39, 0.29) is 0 Å². The predicted molar refractivity (Wildman–Crippen MR) is 69.2 cm³/mol. The second-order valence-corrected chi connectivity index (χ2v) is 6.30. The quantitative estimate of drug-likeness (QED) is 0.811. The Morgan fingerprint density at radius 1 is 1.00 bits per heavy atom. The van der Waals surface area contributed by atoms with Crippen LogP contribution in [0.4, 0.5) is 0 Å². The molecule has 2 heterocycles. The third-order valence-corrected chi connectivity index (χ3v) is 4.45. The van der Waals surface area contributed by atoms with E-state index in [4.69, 9.17) is 4.74 Å². The molecule has 0 aromatic carbocycles. The van der Waals surface area contributed by atoms with Gasteiger partial charge in [0, 0.05) is 31.2 Å². The summed E-state index contributed by atoms with van der Waals surface area (Å²) in [6.45, 7) is 7.01. The van der Waals surface area contributed by atoms with Gasteiger partial charge in [0.05, 0.1) is 12.2 Å². The maximum Gasteiger partial charge on any atom is 0.0565 e. The van der Waals surface area contributed by atoms with Crippen LogP contribution in [0.5, 0.6) is 0 Å². The summed E-state index contributed by atoms with van der Waals surface area (Å²) in [6.07, 6.45) is 7.45. The zero-order valence-electron chi connectivity index (χ0n) is 11.2. The molecule has 2 saturated heterocycles. The second-order valence-electron chi connectivity index (χ2n) is 6.30. The smallest absolute Gasteiger partial charge is 0.0565 e. The van der Waals surface area contributed by atoms with Crippen LogP contribution in [-0.4, -0.2) is 48.3 Å². The van der Waals surface area contributed by atoms with Gasteiger partial charge in [-0.25, -0.2) is 0 Å². The Balaban J connectivity index is 1.46. The molecule has 3 nitrogen and oxygen atoms in total. The maximum atomic E-state index is 5.80. The van der Waals surface area contributed by atoms with Crippen LogP contribution in [0.3, 0.4) is 0 Å². The molecular formula is C14H26N2O. The van der Waals surface area contributed by atoms with Crippen molar-refractivity contribution in [1.82, 2.24) is 10.2 Å². The van der Waals surface area contributed by atoms with E-state index in [1.54, 1.807) is 0 Å². The summed E-state index contributed by atoms with van der Waals surface area (Å²) in [5.41, 5.74) is 0. The molecular weight excluding hydrogens is 212 g/mol. The maximum absolute atomic E-state index is 5.80. The van der Waals surface area contributed by atoms with Gasteiger partial charge in [-0.3, -0.25) is 4.90 Å². The van der Waals surface area contributed by atoms with Crippen LogP contribution in [0, 0.1) is 0 Å². The van der Waals surface area contributed by atoms with Crippen LogP contribution < -0.4 is 5.32 Å². The van der Waals surface area contributed by atoms with E-state index in [9.17, 15) is 0 Å². The van der Waals surface area contributed by atoms with Gasteiger partial charge in [0.1, 0.15) is 0 Å². The van der Waals surface area contributed by atoms with Gasteiger partial charge < -0.3 is 10.1 Å². The Morgan fingerprint density at radius 2 is 1.71 bits per heavy atom. The second kappa shape index (κ2) is 4.87. The van der Waals surface area contributed by atoms with Crippen molar-refractivity contribution in [3.63, 3.8) is 0 Å². The summed E-state index contributed by atoms with van der Waals surface area (Å²) in [5.74, 6) is 0. The van der Waals surface area contributed by atoms with Gasteiger partial charge in [0.15, 0.2) is 0 Å². The van der Waals surface area contributed by atoms with Crippen LogP contribution in [0.25, 0.3) is 0 Å². The van der Waals surface area contributed by atoms with Crippen molar-refractivity contribution in [3.8, 4) is 0 Å². The molecule has 0 radical (unpaired) electrons. The van der Waals surface area contributed by atoms with E-state index in [2.05, 4.69) is 24.1 Å². The molecule has 3 heteroatoms. The predicted octanol–water partition coefficient (Wildman–Crippen LogP) is 1.77. The highest BCUT2D eigenvalue weighted by Gasteiger charge is 2.35. The number of likely N-dealkylation sites (tertiary alicyclic amines) is 1. The lowest BCUT2D eigenvalue weighted by Crippen LogP contribution is -2.46. The van der Waals surface area contributed by atoms with Crippen LogP contribution >= 0.6 is 0 Å². The molecule has 0 bridgehead atoms. The Hall–Kier alpha value is -0.120. The molecule has 3 fully saturated rings. The number of hydrogen-bond acceptors (Lipinski definition) is 3. The summed E-state index contributed by atoms with van der Waals surface area (Å²) >= 11 is 0. The molecule has 3 unspecified atom stereocenters. The third kappa shape index (κ3) is 3.01. The standard InChI is InChI=1S/C14H26N2O/c1-10-7-13(8-11(2)17-10)15-12-5-6-16(9-12)14-3-4-14/h10-15H,3-9H2,1-2H3. The molecule has 1 saturated carbocycles. The topological polar surface area (TPSA) is 24.5 Å². The largest absolute Gasteiger partial charge is 0.375 e. The first kappa shape index (κ1) is 11.9. The lowest BCUT2D eigenvalue weighted by Gasteiger charge is -2.34. The molecule has 3 aliphatic rings. The minimum absolute atomic E-state index is 0.428. The Morgan fingerprint density at radius 3 is 2.35 bits per heavy atom. The number of nitrogens with zero attached hydrogens (tertiary/aromatic N) is 1. The molecule has 0 amide bonds. The first-order valence-corrected chi connectivity index (χ1v) is 7.36. The van der Waals surface area contributed by atoms with Crippen LogP contribution in [0.2, 0.25) is 0 Å². The van der Waals surface area contributed by atoms with Crippen LogP contribution in [0.1, 0.15) is 46.0 Å². The highest BCUT2D eigenvalue weighted by Crippen LogP contribution is 2.30. The van der Waals surface area contributed by atoms with Gasteiger partial charge in [0.25, 0.3) is 0 Å². The summed E-state index contributed by atoms with van der Waals surface area (Å²) in [5, 5.41) is 3.87. The monoisotopic (exact) mass is 238 g/mol. The number of hydrogen-bond donors (Lipinski definition) is 1. The molecule has 0 spiro atoms. The molecule has 0 aromatic rings. The van der Waals surface area contributed by atoms with Gasteiger partial charge in [-0.1, -0.05) is 0 Å². The average Bonchev–Trinajstić information content (AvgIpc) is 2.99. The average molecular weight is 238 g/mol. The number of rotatable bonds is 3. The first-order chi connectivity index (χ1) is 8.20. The normalized spacial score (nSPS) is 44.1. The molecule has 1 N–H and O–H groups in total. The van der Waals surface area contributed by atoms with Gasteiger partial charge >= 0.3 is 0 Å². The SMILES string of the molecule is CC1CC(NC2CCN(C3CC3)C2)CC(C)O1. The fourth-order valence-electron chi connectivity index (χ4n) is 3.57. The lowest BCUT2D eigenvalue weighted by molar-refractivity contribution is -0.0434. The van der Waals surface area contributed by atoms with Crippen molar-refractivity contribution in [2.45, 2.75) is 76.3 Å². The highest BCUT2D eigenvalue weighted by molar-refractivity contribution is 4.93. The number of nitrogens with one attached hydrogen (secondary N) is 1. The van der Waals surface area contributed by atoms with E-state index in [0.29, 0.717) is 18.2 Å². The Bertz CT molecular complexity index is 257. The van der Waals surface area contributed by atoms with Crippen LogP contribution in [0.15, 0.2) is 0 Å². The number of ether oxygens (including phenoxy) is 1. The van der Waals surface area contributed by atoms with Crippen molar-refractivity contribution < 1.29 is 4.74 Å². The first-order valence-electron chi connectivity index (χ1n) is 7.36. The summed E-state index contributed by atoms with van der Waals surface area (Å²) in [4.78, 5) is 2.68. The Kier molecular flexibility index (Phi) is 3.42. The summed E-state index contributed by atoms with van der Waals surface area (Å²) in [7, 11) is 0. The van der Waals surface area contributed by atoms with Crippen molar-refractivity contribution in [1.29, 1.82) is 0 Å². The Labute approximate surface area is 105 Å². The third-order valence-electron chi connectivity index (χ3n) is 4.45. The van der Waals surface area contributed by atoms with Crippen LogP contribution in [-0.2, 0) is 4.74 Å². The highest BCUT2D eigenvalue weighted by atomic mass is 16.5. The molecule has 1 aliphatic carbocycles. The zero-order chi connectivity index (χ0) is 11.8. The van der Waals surface area contributed by atoms with Gasteiger partial charge in [-0.05, 0) is 46.0 Å². The molecule has 0 aromatic heterocycles. The summed E-state index contributed by atoms with van der Waals surface area (Å²) in [6, 6.07) is 2.35. The van der Waals surface area contributed by atoms with Gasteiger partial charge in [0.2, 0.25) is 0 Å². The fraction of sp³-hybridized carbons (Fsp3) is 1.00. The van der Waals surface area contributed by atoms with Crippen molar-refractivity contribution in [2.75, 3.05) is 13.1 Å². The minimum Gasteiger partial charge on any atom is -0.375 e. The van der Waals surface area contributed by atoms with E-state index >= 15 is 0 Å². The van der Waals surface area contributed by atoms with Gasteiger partial charge in [-0.15, -0.1) is 0 Å². The van der Waals surface area contributed by atoms with E-state index in [1.165, 1.54) is 45.2 Å². The summed E-state index contributed by atoms with van der Waals surface area (Å²) < 4.78 is 5.80. The molecule has 3 atom stereocenters. The fourth-order valence-corrected chi connectivity index (χ4v) is 3.57. The van der Waals surface area contributed by atoms with Crippen molar-refractivity contribution in [3.05, 3.63) is 0 Å². The van der Waals surface area contributed by atoms with E-state index in [1.807, 2.05) is 0 Å². The van der Waals surface area contributed by atoms with Crippen molar-refractivity contribution in [2.24, 2.45) is 0 Å².